The Hall–Kier alpha value is -5.48. The summed E-state index contributed by atoms with van der Waals surface area (Å²) in [5.41, 5.74) is 1.94. The number of imide groups is 2. The summed E-state index contributed by atoms with van der Waals surface area (Å²) in [7, 11) is 0. The highest BCUT2D eigenvalue weighted by Gasteiger charge is 2.45. The number of piperidine rings is 2. The zero-order chi connectivity index (χ0) is 41.8. The van der Waals surface area contributed by atoms with Crippen molar-refractivity contribution in [2.75, 3.05) is 63.0 Å². The minimum Gasteiger partial charge on any atom is -0.353 e. The first kappa shape index (κ1) is 42.6. The number of unbranched alkanes of at least 4 members (excludes halogenated alkanes) is 3. The van der Waals surface area contributed by atoms with Gasteiger partial charge in [-0.3, -0.25) is 48.9 Å². The van der Waals surface area contributed by atoms with Gasteiger partial charge in [0.25, 0.3) is 17.7 Å². The summed E-state index contributed by atoms with van der Waals surface area (Å²) in [6.07, 6.45) is 15.0. The average Bonchev–Trinajstić information content (AvgIpc) is 3.53. The molecular weight excluding hydrogens is 783 g/mol. The Labute approximate surface area is 354 Å². The number of carbonyl (C=O) groups is 6. The van der Waals surface area contributed by atoms with Crippen LogP contribution in [0.4, 0.5) is 5.82 Å². The van der Waals surface area contributed by atoms with Crippen LogP contribution in [0, 0.1) is 5.92 Å². The highest BCUT2D eigenvalue weighted by Crippen LogP contribution is 2.35. The predicted octanol–water partition coefficient (Wildman–Crippen LogP) is 4.21. The van der Waals surface area contributed by atoms with E-state index < -0.39 is 29.7 Å². The highest BCUT2D eigenvalue weighted by atomic mass is 32.2. The fraction of sp³-hybridized carbons (Fsp3) is 0.477. The van der Waals surface area contributed by atoms with E-state index >= 15 is 0 Å². The maximum atomic E-state index is 13.4. The van der Waals surface area contributed by atoms with Gasteiger partial charge in [0.1, 0.15) is 6.04 Å². The van der Waals surface area contributed by atoms with Crippen LogP contribution in [0.25, 0.3) is 6.08 Å². The number of pyridine rings is 1. The van der Waals surface area contributed by atoms with Crippen molar-refractivity contribution in [1.82, 2.24) is 40.5 Å². The largest absolute Gasteiger partial charge is 0.353 e. The van der Waals surface area contributed by atoms with Gasteiger partial charge in [-0.25, -0.2) is 0 Å². The first-order valence-corrected chi connectivity index (χ1v) is 22.2. The molecule has 7 rings (SSSR count). The number of benzene rings is 1. The minimum atomic E-state index is -0.969. The molecule has 6 heterocycles. The van der Waals surface area contributed by atoms with E-state index in [0.717, 1.165) is 111 Å². The number of aromatic nitrogens is 3. The minimum absolute atomic E-state index is 0.0644. The van der Waals surface area contributed by atoms with E-state index in [-0.39, 0.29) is 24.7 Å². The van der Waals surface area contributed by atoms with Gasteiger partial charge in [0.15, 0.2) is 11.5 Å². The standard InChI is InChI=1S/C44H53N9O6S/c54-38(16-12-32-9-7-20-45-30-32)46-21-3-2-8-31-18-23-52(24-19-31)43(58)34-13-15-37(49-48-34)51-27-25-50(26-28-51)22-4-1-5-29-60-36-11-6-10-33-40(36)44(59)53(42(33)57)35-14-17-39(55)47-41(35)56/h6-7,9-13,15-16,20,30-31,35H,1-5,8,14,17-19,21-29H2,(H,46,54)(H,47,55,56)/b16-12+. The number of likely N-dealkylation sites (tertiary alicyclic amines) is 1. The average molecular weight is 836 g/mol. The summed E-state index contributed by atoms with van der Waals surface area (Å²) in [6.45, 7) is 6.58. The summed E-state index contributed by atoms with van der Waals surface area (Å²) in [5.74, 6) is 0.0554. The van der Waals surface area contributed by atoms with Crippen LogP contribution >= 0.6 is 11.8 Å². The zero-order valence-corrected chi connectivity index (χ0v) is 34.7. The molecule has 2 aromatic heterocycles. The zero-order valence-electron chi connectivity index (χ0n) is 33.9. The molecule has 0 saturated carbocycles. The third-order valence-electron chi connectivity index (χ3n) is 11.7. The molecule has 1 aromatic carbocycles. The summed E-state index contributed by atoms with van der Waals surface area (Å²) in [6, 6.07) is 11.7. The van der Waals surface area contributed by atoms with Crippen LogP contribution in [0.3, 0.4) is 0 Å². The maximum absolute atomic E-state index is 13.4. The Morgan fingerprint density at radius 2 is 1.68 bits per heavy atom. The van der Waals surface area contributed by atoms with Crippen LogP contribution in [0.5, 0.6) is 0 Å². The topological polar surface area (TPSA) is 178 Å². The number of amides is 6. The molecule has 2 N–H and O–H groups in total. The molecule has 6 amide bonds. The number of fused-ring (bicyclic) bond motifs is 1. The van der Waals surface area contributed by atoms with Crippen LogP contribution in [-0.2, 0) is 14.4 Å². The molecule has 316 valence electrons. The Bertz CT molecular complexity index is 2050. The van der Waals surface area contributed by atoms with E-state index in [4.69, 9.17) is 0 Å². The molecule has 4 aliphatic rings. The number of piperazine rings is 1. The molecular formula is C44H53N9O6S. The molecule has 15 nitrogen and oxygen atoms in total. The maximum Gasteiger partial charge on any atom is 0.274 e. The van der Waals surface area contributed by atoms with Gasteiger partial charge in [-0.05, 0) is 98.7 Å². The first-order chi connectivity index (χ1) is 29.2. The van der Waals surface area contributed by atoms with Gasteiger partial charge in [0.2, 0.25) is 17.7 Å². The lowest BCUT2D eigenvalue weighted by molar-refractivity contribution is -0.136. The number of nitrogens with zero attached hydrogens (tertiary/aromatic N) is 7. The quantitative estimate of drug-likeness (QED) is 0.0859. The molecule has 3 saturated heterocycles. The summed E-state index contributed by atoms with van der Waals surface area (Å²) >= 11 is 1.56. The Morgan fingerprint density at radius 1 is 0.850 bits per heavy atom. The molecule has 4 aliphatic heterocycles. The number of hydrogen-bond acceptors (Lipinski definition) is 12. The van der Waals surface area contributed by atoms with Crippen LogP contribution in [0.2, 0.25) is 0 Å². The predicted molar refractivity (Wildman–Crippen MR) is 227 cm³/mol. The fourth-order valence-electron chi connectivity index (χ4n) is 8.27. The third-order valence-corrected chi connectivity index (χ3v) is 12.9. The lowest BCUT2D eigenvalue weighted by Gasteiger charge is -2.35. The van der Waals surface area contributed by atoms with Crippen molar-refractivity contribution in [2.45, 2.75) is 75.1 Å². The van der Waals surface area contributed by atoms with E-state index in [1.54, 1.807) is 48.4 Å². The van der Waals surface area contributed by atoms with Crippen LogP contribution in [-0.4, -0.2) is 129 Å². The Morgan fingerprint density at radius 3 is 2.43 bits per heavy atom. The number of hydrogen-bond donors (Lipinski definition) is 2. The number of rotatable bonds is 17. The van der Waals surface area contributed by atoms with Crippen LogP contribution in [0.15, 0.2) is 65.8 Å². The van der Waals surface area contributed by atoms with Crippen LogP contribution < -0.4 is 15.5 Å². The Kier molecular flexibility index (Phi) is 14.7. The number of thioether (sulfide) groups is 1. The highest BCUT2D eigenvalue weighted by molar-refractivity contribution is 7.99. The van der Waals surface area contributed by atoms with Crippen molar-refractivity contribution >= 4 is 59.1 Å². The second-order valence-electron chi connectivity index (χ2n) is 15.8. The van der Waals surface area contributed by atoms with Crippen molar-refractivity contribution in [1.29, 1.82) is 0 Å². The molecule has 3 fully saturated rings. The van der Waals surface area contributed by atoms with Gasteiger partial charge in [0.05, 0.1) is 11.1 Å². The van der Waals surface area contributed by atoms with Crippen molar-refractivity contribution < 1.29 is 28.8 Å². The summed E-state index contributed by atoms with van der Waals surface area (Å²) < 4.78 is 0. The van der Waals surface area contributed by atoms with Gasteiger partial charge in [-0.1, -0.05) is 31.4 Å². The number of anilines is 1. The SMILES string of the molecule is O=C(/C=C/c1cccnc1)NCCCCC1CCN(C(=O)c2ccc(N3CCN(CCCCCSc4cccc5c4C(=O)N(C4CCC(=O)NC4=O)C5=O)CC3)nn2)CC1. The second kappa shape index (κ2) is 20.7. The van der Waals surface area contributed by atoms with E-state index in [9.17, 15) is 28.8 Å². The normalized spacial score (nSPS) is 18.9. The second-order valence-corrected chi connectivity index (χ2v) is 16.9. The Balaban J connectivity index is 0.745. The molecule has 0 spiro atoms. The molecule has 3 aromatic rings. The van der Waals surface area contributed by atoms with Gasteiger partial charge < -0.3 is 15.1 Å². The number of carbonyl (C=O) groups excluding carboxylic acids is 6. The van der Waals surface area contributed by atoms with Gasteiger partial charge in [0, 0.05) is 75.6 Å². The molecule has 0 radical (unpaired) electrons. The monoisotopic (exact) mass is 835 g/mol. The molecule has 0 bridgehead atoms. The lowest BCUT2D eigenvalue weighted by atomic mass is 9.91. The smallest absolute Gasteiger partial charge is 0.274 e. The van der Waals surface area contributed by atoms with Crippen molar-refractivity contribution in [3.8, 4) is 0 Å². The number of nitrogens with one attached hydrogen (secondary N) is 2. The third kappa shape index (κ3) is 10.8. The summed E-state index contributed by atoms with van der Waals surface area (Å²) in [4.78, 5) is 88.2. The van der Waals surface area contributed by atoms with Gasteiger partial charge in [-0.15, -0.1) is 22.0 Å². The molecule has 16 heteroatoms. The van der Waals surface area contributed by atoms with Crippen molar-refractivity contribution in [3.05, 3.63) is 83.3 Å². The lowest BCUT2D eigenvalue weighted by Crippen LogP contribution is -2.54. The van der Waals surface area contributed by atoms with Crippen molar-refractivity contribution in [3.63, 3.8) is 0 Å². The molecule has 1 atom stereocenters. The van der Waals surface area contributed by atoms with E-state index in [1.165, 1.54) is 6.08 Å². The molecule has 0 aliphatic carbocycles. The van der Waals surface area contributed by atoms with Crippen LogP contribution in [0.1, 0.15) is 101 Å². The van der Waals surface area contributed by atoms with Crippen molar-refractivity contribution in [2.24, 2.45) is 5.92 Å². The van der Waals surface area contributed by atoms with Gasteiger partial charge in [-0.2, -0.15) is 0 Å². The molecule has 60 heavy (non-hydrogen) atoms. The fourth-order valence-corrected chi connectivity index (χ4v) is 9.36. The molecule has 1 unspecified atom stereocenters. The van der Waals surface area contributed by atoms with E-state index in [1.807, 2.05) is 29.2 Å². The van der Waals surface area contributed by atoms with E-state index in [0.29, 0.717) is 42.4 Å². The first-order valence-electron chi connectivity index (χ1n) is 21.2. The summed E-state index contributed by atoms with van der Waals surface area (Å²) in [5, 5.41) is 14.0. The van der Waals surface area contributed by atoms with E-state index in [2.05, 4.69) is 35.6 Å². The van der Waals surface area contributed by atoms with Gasteiger partial charge >= 0.3 is 0 Å².